The van der Waals surface area contributed by atoms with Gasteiger partial charge in [0.2, 0.25) is 0 Å². The zero-order valence-corrected chi connectivity index (χ0v) is 12.6. The van der Waals surface area contributed by atoms with Crippen LogP contribution in [0.5, 0.6) is 5.75 Å². The van der Waals surface area contributed by atoms with Crippen LogP contribution in [0.4, 0.5) is 5.69 Å². The van der Waals surface area contributed by atoms with E-state index >= 15 is 0 Å². The third-order valence-corrected chi connectivity index (χ3v) is 3.27. The molecule has 2 aromatic rings. The molecule has 2 aromatic carbocycles. The van der Waals surface area contributed by atoms with Gasteiger partial charge in [-0.15, -0.1) is 5.10 Å². The smallest absolute Gasteiger partial charge is 0.276 e. The van der Waals surface area contributed by atoms with E-state index in [0.29, 0.717) is 5.75 Å². The van der Waals surface area contributed by atoms with E-state index in [-0.39, 0.29) is 18.2 Å². The summed E-state index contributed by atoms with van der Waals surface area (Å²) in [6, 6.07) is 14.2. The molecule has 0 radical (unpaired) electrons. The third kappa shape index (κ3) is 3.46. The number of ether oxygens (including phenoxy) is 1. The molecule has 7 nitrogen and oxygen atoms in total. The quantitative estimate of drug-likeness (QED) is 0.640. The summed E-state index contributed by atoms with van der Waals surface area (Å²) in [5, 5.41) is 10.7. The van der Waals surface area contributed by atoms with E-state index < -0.39 is 5.91 Å². The standard InChI is InChI=1S/C17H14N4O3/c18-15(22)10-24-12-7-5-11(6-8-12)9-19-21-16-13-3-1-2-4-14(13)20-17(16)23/h1-9H,10H2,(H2,18,22)(H,20,21,23)/b19-9+. The largest absolute Gasteiger partial charge is 0.484 e. The van der Waals surface area contributed by atoms with Crippen LogP contribution >= 0.6 is 0 Å². The molecule has 1 aliphatic heterocycles. The minimum absolute atomic E-state index is 0.171. The van der Waals surface area contributed by atoms with Gasteiger partial charge in [-0.1, -0.05) is 18.2 Å². The lowest BCUT2D eigenvalue weighted by Crippen LogP contribution is -2.19. The maximum atomic E-state index is 11.9. The normalized spacial score (nSPS) is 14.7. The first-order valence-corrected chi connectivity index (χ1v) is 7.16. The van der Waals surface area contributed by atoms with Gasteiger partial charge in [-0.2, -0.15) is 5.10 Å². The van der Waals surface area contributed by atoms with Crippen LogP contribution < -0.4 is 15.8 Å². The Hall–Kier alpha value is -3.48. The van der Waals surface area contributed by atoms with Crippen LogP contribution in [0.1, 0.15) is 11.1 Å². The number of carbonyl (C=O) groups is 2. The first-order chi connectivity index (χ1) is 11.6. The molecule has 0 atom stereocenters. The molecule has 1 aliphatic rings. The molecule has 120 valence electrons. The fourth-order valence-electron chi connectivity index (χ4n) is 2.16. The molecule has 0 aromatic heterocycles. The van der Waals surface area contributed by atoms with Gasteiger partial charge >= 0.3 is 0 Å². The Labute approximate surface area is 137 Å². The van der Waals surface area contributed by atoms with Crippen LogP contribution in [0.15, 0.2) is 58.7 Å². The highest BCUT2D eigenvalue weighted by atomic mass is 16.5. The van der Waals surface area contributed by atoms with Gasteiger partial charge in [0.25, 0.3) is 11.8 Å². The second-order valence-electron chi connectivity index (χ2n) is 5.02. The summed E-state index contributed by atoms with van der Waals surface area (Å²) in [4.78, 5) is 22.5. The van der Waals surface area contributed by atoms with Crippen LogP contribution in [-0.2, 0) is 9.59 Å². The van der Waals surface area contributed by atoms with E-state index in [9.17, 15) is 9.59 Å². The summed E-state index contributed by atoms with van der Waals surface area (Å²) < 4.78 is 5.16. The fraction of sp³-hybridized carbons (Fsp3) is 0.0588. The fourth-order valence-corrected chi connectivity index (χ4v) is 2.16. The van der Waals surface area contributed by atoms with Crippen molar-refractivity contribution in [3.05, 3.63) is 59.7 Å². The van der Waals surface area contributed by atoms with Crippen molar-refractivity contribution in [2.24, 2.45) is 15.9 Å². The van der Waals surface area contributed by atoms with Crippen LogP contribution in [0.2, 0.25) is 0 Å². The monoisotopic (exact) mass is 322 g/mol. The Morgan fingerprint density at radius 2 is 1.92 bits per heavy atom. The minimum atomic E-state index is -0.536. The molecule has 3 rings (SSSR count). The van der Waals surface area contributed by atoms with Gasteiger partial charge in [-0.05, 0) is 35.9 Å². The summed E-state index contributed by atoms with van der Waals surface area (Å²) in [5.74, 6) is -0.281. The highest BCUT2D eigenvalue weighted by Crippen LogP contribution is 2.22. The van der Waals surface area contributed by atoms with Crippen molar-refractivity contribution >= 4 is 29.4 Å². The number of rotatable bonds is 5. The van der Waals surface area contributed by atoms with Gasteiger partial charge in [0, 0.05) is 5.56 Å². The number of hydrogen-bond acceptors (Lipinski definition) is 5. The average Bonchev–Trinajstić information content (AvgIpc) is 2.90. The molecule has 0 saturated heterocycles. The van der Waals surface area contributed by atoms with Crippen molar-refractivity contribution in [3.8, 4) is 5.75 Å². The number of nitrogens with zero attached hydrogens (tertiary/aromatic N) is 2. The van der Waals surface area contributed by atoms with Crippen LogP contribution in [0.3, 0.4) is 0 Å². The van der Waals surface area contributed by atoms with Gasteiger partial charge < -0.3 is 15.8 Å². The molecule has 0 spiro atoms. The Bertz CT molecular complexity index is 841. The van der Waals surface area contributed by atoms with Crippen LogP contribution in [-0.4, -0.2) is 30.3 Å². The molecule has 24 heavy (non-hydrogen) atoms. The third-order valence-electron chi connectivity index (χ3n) is 3.27. The highest BCUT2D eigenvalue weighted by Gasteiger charge is 2.25. The van der Waals surface area contributed by atoms with Crippen molar-refractivity contribution in [2.45, 2.75) is 0 Å². The topological polar surface area (TPSA) is 106 Å². The second kappa shape index (κ2) is 6.74. The van der Waals surface area contributed by atoms with E-state index in [4.69, 9.17) is 10.5 Å². The van der Waals surface area contributed by atoms with E-state index in [1.54, 1.807) is 24.3 Å². The van der Waals surface area contributed by atoms with E-state index in [1.165, 1.54) is 6.21 Å². The lowest BCUT2D eigenvalue weighted by Gasteiger charge is -2.02. The highest BCUT2D eigenvalue weighted by molar-refractivity contribution is 6.53. The lowest BCUT2D eigenvalue weighted by atomic mass is 10.1. The summed E-state index contributed by atoms with van der Waals surface area (Å²) in [5.41, 5.74) is 7.53. The molecular weight excluding hydrogens is 308 g/mol. The molecular formula is C17H14N4O3. The Balaban J connectivity index is 1.70. The SMILES string of the molecule is NC(=O)COc1ccc(/C=N/N=C2\C(=O)Nc3ccccc32)cc1. The van der Waals surface area contributed by atoms with Crippen molar-refractivity contribution < 1.29 is 14.3 Å². The zero-order chi connectivity index (χ0) is 16.9. The van der Waals surface area contributed by atoms with E-state index in [1.807, 2.05) is 24.3 Å². The molecule has 1 heterocycles. The number of anilines is 1. The first-order valence-electron chi connectivity index (χ1n) is 7.16. The first kappa shape index (κ1) is 15.4. The molecule has 0 fully saturated rings. The van der Waals surface area contributed by atoms with Gasteiger partial charge in [-0.25, -0.2) is 0 Å². The number of primary amides is 1. The van der Waals surface area contributed by atoms with Gasteiger partial charge in [-0.3, -0.25) is 9.59 Å². The predicted octanol–water partition coefficient (Wildman–Crippen LogP) is 1.33. The number of nitrogens with one attached hydrogen (secondary N) is 1. The second-order valence-corrected chi connectivity index (χ2v) is 5.02. The van der Waals surface area contributed by atoms with E-state index in [0.717, 1.165) is 16.8 Å². The molecule has 3 N–H and O–H groups in total. The maximum Gasteiger partial charge on any atom is 0.276 e. The van der Waals surface area contributed by atoms with Crippen molar-refractivity contribution in [1.29, 1.82) is 0 Å². The minimum Gasteiger partial charge on any atom is -0.484 e. The Kier molecular flexibility index (Phi) is 4.33. The molecule has 0 unspecified atom stereocenters. The number of para-hydroxylation sites is 1. The predicted molar refractivity (Wildman–Crippen MR) is 90.3 cm³/mol. The zero-order valence-electron chi connectivity index (χ0n) is 12.6. The summed E-state index contributed by atoms with van der Waals surface area (Å²) in [6.07, 6.45) is 1.53. The summed E-state index contributed by atoms with van der Waals surface area (Å²) >= 11 is 0. The number of amides is 2. The molecule has 2 amide bonds. The van der Waals surface area contributed by atoms with E-state index in [2.05, 4.69) is 15.5 Å². The van der Waals surface area contributed by atoms with Gasteiger partial charge in [0.05, 0.1) is 11.9 Å². The number of nitrogens with two attached hydrogens (primary N) is 1. The van der Waals surface area contributed by atoms with Crippen molar-refractivity contribution in [3.63, 3.8) is 0 Å². The molecule has 0 bridgehead atoms. The van der Waals surface area contributed by atoms with Crippen molar-refractivity contribution in [1.82, 2.24) is 0 Å². The van der Waals surface area contributed by atoms with Crippen LogP contribution in [0, 0.1) is 0 Å². The Morgan fingerprint density at radius 1 is 1.17 bits per heavy atom. The number of carbonyl (C=O) groups excluding carboxylic acids is 2. The number of fused-ring (bicyclic) bond motifs is 1. The lowest BCUT2D eigenvalue weighted by molar-refractivity contribution is -0.120. The number of benzene rings is 2. The summed E-state index contributed by atoms with van der Waals surface area (Å²) in [7, 11) is 0. The molecule has 0 saturated carbocycles. The molecule has 0 aliphatic carbocycles. The number of hydrogen-bond donors (Lipinski definition) is 2. The van der Waals surface area contributed by atoms with Crippen LogP contribution in [0.25, 0.3) is 0 Å². The maximum absolute atomic E-state index is 11.9. The Morgan fingerprint density at radius 3 is 2.67 bits per heavy atom. The van der Waals surface area contributed by atoms with Crippen molar-refractivity contribution in [2.75, 3.05) is 11.9 Å². The van der Waals surface area contributed by atoms with Gasteiger partial charge in [0.15, 0.2) is 12.3 Å². The van der Waals surface area contributed by atoms with Gasteiger partial charge in [0.1, 0.15) is 5.75 Å². The average molecular weight is 322 g/mol. The summed E-state index contributed by atoms with van der Waals surface area (Å²) in [6.45, 7) is -0.171. The molecule has 7 heteroatoms.